The summed E-state index contributed by atoms with van der Waals surface area (Å²) in [7, 11) is -4.30. The molecular weight excluding hydrogens is 577 g/mol. The number of carbonyl (C=O) groups is 2. The number of sulfonamides is 1. The number of anilines is 1. The van der Waals surface area contributed by atoms with Crippen LogP contribution in [0.15, 0.2) is 114 Å². The van der Waals surface area contributed by atoms with Crippen LogP contribution in [-0.2, 0) is 32.6 Å². The number of likely N-dealkylation sites (N-methyl/N-ethyl adjacent to an activating group) is 1. The Kier molecular flexibility index (Phi) is 10.3. The van der Waals surface area contributed by atoms with Gasteiger partial charge in [0.1, 0.15) is 18.4 Å². The smallest absolute Gasteiger partial charge is 0.264 e. The van der Waals surface area contributed by atoms with Gasteiger partial charge in [-0.05, 0) is 48.4 Å². The van der Waals surface area contributed by atoms with Crippen molar-refractivity contribution in [1.29, 1.82) is 0 Å². The first-order valence-electron chi connectivity index (χ1n) is 13.4. The Labute approximate surface area is 250 Å². The zero-order chi connectivity index (χ0) is 30.1. The molecule has 0 aromatic heterocycles. The first-order valence-corrected chi connectivity index (χ1v) is 15.2. The molecule has 0 fully saturated rings. The maximum atomic E-state index is 14.2. The zero-order valence-corrected chi connectivity index (χ0v) is 24.6. The predicted octanol–water partition coefficient (Wildman–Crippen LogP) is 5.45. The molecule has 0 heterocycles. The second kappa shape index (κ2) is 14.1. The Morgan fingerprint density at radius 1 is 0.857 bits per heavy atom. The molecule has 0 aliphatic heterocycles. The van der Waals surface area contributed by atoms with E-state index in [1.54, 1.807) is 25.1 Å². The molecule has 218 valence electrons. The highest BCUT2D eigenvalue weighted by molar-refractivity contribution is 7.92. The molecule has 0 aliphatic rings. The Hall–Kier alpha value is -4.21. The molecule has 1 atom stereocenters. The lowest BCUT2D eigenvalue weighted by Gasteiger charge is -2.33. The van der Waals surface area contributed by atoms with Gasteiger partial charge in [-0.2, -0.15) is 0 Å². The molecule has 0 aliphatic carbocycles. The molecule has 10 heteroatoms. The number of rotatable bonds is 12. The molecule has 4 rings (SSSR count). The van der Waals surface area contributed by atoms with Crippen LogP contribution in [0.25, 0.3) is 0 Å². The highest BCUT2D eigenvalue weighted by atomic mass is 35.5. The molecule has 0 spiro atoms. The normalized spacial score (nSPS) is 11.9. The van der Waals surface area contributed by atoms with Gasteiger partial charge in [0.05, 0.1) is 15.6 Å². The van der Waals surface area contributed by atoms with Crippen LogP contribution in [0.4, 0.5) is 10.1 Å². The average molecular weight is 608 g/mol. The van der Waals surface area contributed by atoms with Gasteiger partial charge in [-0.25, -0.2) is 12.8 Å². The van der Waals surface area contributed by atoms with E-state index in [-0.39, 0.29) is 34.5 Å². The van der Waals surface area contributed by atoms with Crippen molar-refractivity contribution >= 4 is 39.1 Å². The first-order chi connectivity index (χ1) is 20.2. The Balaban J connectivity index is 1.79. The third kappa shape index (κ3) is 7.54. The van der Waals surface area contributed by atoms with Crippen molar-refractivity contribution in [1.82, 2.24) is 10.2 Å². The van der Waals surface area contributed by atoms with Gasteiger partial charge in [-0.1, -0.05) is 90.5 Å². The predicted molar refractivity (Wildman–Crippen MR) is 162 cm³/mol. The van der Waals surface area contributed by atoms with E-state index < -0.39 is 34.3 Å². The minimum atomic E-state index is -4.30. The van der Waals surface area contributed by atoms with Gasteiger partial charge in [-0.3, -0.25) is 13.9 Å². The quantitative estimate of drug-likeness (QED) is 0.232. The van der Waals surface area contributed by atoms with Gasteiger partial charge in [0, 0.05) is 19.5 Å². The Morgan fingerprint density at radius 3 is 2.00 bits per heavy atom. The van der Waals surface area contributed by atoms with E-state index in [1.165, 1.54) is 23.1 Å². The van der Waals surface area contributed by atoms with Crippen LogP contribution >= 0.6 is 11.6 Å². The number of hydrogen-bond donors (Lipinski definition) is 1. The van der Waals surface area contributed by atoms with Crippen molar-refractivity contribution in [3.8, 4) is 0 Å². The topological polar surface area (TPSA) is 86.8 Å². The summed E-state index contributed by atoms with van der Waals surface area (Å²) in [6.45, 7) is 1.53. The molecule has 1 N–H and O–H groups in total. The van der Waals surface area contributed by atoms with Gasteiger partial charge in [-0.15, -0.1) is 0 Å². The zero-order valence-electron chi connectivity index (χ0n) is 23.0. The standard InChI is InChI=1S/C32H31ClFN3O4S/c1-2-35-32(39)30(20-24-12-6-3-7-13-24)36(22-25-14-8-4-9-15-25)31(38)23-37(26-18-19-29(34)28(33)21-26)42(40,41)27-16-10-5-11-17-27/h3-19,21,30H,2,20,22-23H2,1H3,(H,35,39). The third-order valence-corrected chi connectivity index (χ3v) is 8.70. The van der Waals surface area contributed by atoms with Crippen LogP contribution in [-0.4, -0.2) is 44.3 Å². The molecule has 42 heavy (non-hydrogen) atoms. The number of nitrogens with zero attached hydrogens (tertiary/aromatic N) is 2. The van der Waals surface area contributed by atoms with Crippen molar-refractivity contribution in [3.63, 3.8) is 0 Å². The Morgan fingerprint density at radius 2 is 1.43 bits per heavy atom. The van der Waals surface area contributed by atoms with Gasteiger partial charge >= 0.3 is 0 Å². The van der Waals surface area contributed by atoms with E-state index in [4.69, 9.17) is 11.6 Å². The van der Waals surface area contributed by atoms with E-state index >= 15 is 0 Å². The van der Waals surface area contributed by atoms with Gasteiger partial charge in [0.25, 0.3) is 10.0 Å². The van der Waals surface area contributed by atoms with E-state index in [0.29, 0.717) is 6.54 Å². The molecule has 0 saturated heterocycles. The number of benzene rings is 4. The van der Waals surface area contributed by atoms with Gasteiger partial charge in [0.2, 0.25) is 11.8 Å². The minimum Gasteiger partial charge on any atom is -0.355 e. The van der Waals surface area contributed by atoms with Crippen LogP contribution in [0.3, 0.4) is 0 Å². The number of amides is 2. The van der Waals surface area contributed by atoms with E-state index in [9.17, 15) is 22.4 Å². The highest BCUT2D eigenvalue weighted by Crippen LogP contribution is 2.28. The van der Waals surface area contributed by atoms with Crippen LogP contribution in [0.2, 0.25) is 5.02 Å². The third-order valence-electron chi connectivity index (χ3n) is 6.62. The van der Waals surface area contributed by atoms with Crippen molar-refractivity contribution in [2.75, 3.05) is 17.4 Å². The summed E-state index contributed by atoms with van der Waals surface area (Å²) in [5.74, 6) is -1.72. The molecular formula is C32H31ClFN3O4S. The fourth-order valence-electron chi connectivity index (χ4n) is 4.51. The molecule has 4 aromatic rings. The number of carbonyl (C=O) groups excluding carboxylic acids is 2. The number of halogens is 2. The Bertz CT molecular complexity index is 1610. The molecule has 0 saturated carbocycles. The monoisotopic (exact) mass is 607 g/mol. The van der Waals surface area contributed by atoms with Gasteiger partial charge < -0.3 is 10.2 Å². The maximum Gasteiger partial charge on any atom is 0.264 e. The summed E-state index contributed by atoms with van der Waals surface area (Å²) >= 11 is 6.03. The molecule has 4 aromatic carbocycles. The van der Waals surface area contributed by atoms with Crippen molar-refractivity contribution in [2.24, 2.45) is 0 Å². The fourth-order valence-corrected chi connectivity index (χ4v) is 6.12. The highest BCUT2D eigenvalue weighted by Gasteiger charge is 2.34. The maximum absolute atomic E-state index is 14.2. The van der Waals surface area contributed by atoms with E-state index in [0.717, 1.165) is 27.6 Å². The minimum absolute atomic E-state index is 0.0101. The average Bonchev–Trinajstić information content (AvgIpc) is 3.00. The molecule has 7 nitrogen and oxygen atoms in total. The molecule has 2 amide bonds. The van der Waals surface area contributed by atoms with Gasteiger partial charge in [0.15, 0.2) is 0 Å². The number of nitrogens with one attached hydrogen (secondary N) is 1. The summed E-state index contributed by atoms with van der Waals surface area (Å²) in [5.41, 5.74) is 1.60. The first kappa shape index (κ1) is 30.7. The van der Waals surface area contributed by atoms with E-state index in [2.05, 4.69) is 5.32 Å². The summed E-state index contributed by atoms with van der Waals surface area (Å²) < 4.78 is 42.7. The number of hydrogen-bond acceptors (Lipinski definition) is 4. The van der Waals surface area contributed by atoms with Crippen molar-refractivity contribution in [2.45, 2.75) is 30.8 Å². The summed E-state index contributed by atoms with van der Waals surface area (Å²) in [5, 5.41) is 2.53. The lowest BCUT2D eigenvalue weighted by molar-refractivity contribution is -0.140. The summed E-state index contributed by atoms with van der Waals surface area (Å²) in [4.78, 5) is 29.0. The van der Waals surface area contributed by atoms with Crippen molar-refractivity contribution < 1.29 is 22.4 Å². The van der Waals surface area contributed by atoms with Crippen molar-refractivity contribution in [3.05, 3.63) is 131 Å². The second-order valence-corrected chi connectivity index (χ2v) is 11.8. The molecule has 0 radical (unpaired) electrons. The summed E-state index contributed by atoms with van der Waals surface area (Å²) in [6.07, 6.45) is 0.207. The largest absolute Gasteiger partial charge is 0.355 e. The van der Waals surface area contributed by atoms with Crippen LogP contribution in [0, 0.1) is 5.82 Å². The van der Waals surface area contributed by atoms with Crippen LogP contribution in [0.1, 0.15) is 18.1 Å². The fraction of sp³-hybridized carbons (Fsp3) is 0.188. The summed E-state index contributed by atoms with van der Waals surface area (Å²) in [6, 6.07) is 28.6. The SMILES string of the molecule is CCNC(=O)C(Cc1ccccc1)N(Cc1ccccc1)C(=O)CN(c1ccc(F)c(Cl)c1)S(=O)(=O)c1ccccc1. The van der Waals surface area contributed by atoms with E-state index in [1.807, 2.05) is 60.7 Å². The van der Waals surface area contributed by atoms with Crippen LogP contribution in [0.5, 0.6) is 0 Å². The molecule has 1 unspecified atom stereocenters. The molecule has 0 bridgehead atoms. The van der Waals surface area contributed by atoms with Crippen LogP contribution < -0.4 is 9.62 Å². The second-order valence-electron chi connectivity index (χ2n) is 9.53. The lowest BCUT2D eigenvalue weighted by Crippen LogP contribution is -2.53. The lowest BCUT2D eigenvalue weighted by atomic mass is 10.0.